The van der Waals surface area contributed by atoms with E-state index in [0.717, 1.165) is 24.8 Å². The van der Waals surface area contributed by atoms with Crippen LogP contribution < -0.4 is 0 Å². The van der Waals surface area contributed by atoms with E-state index in [-0.39, 0.29) is 5.97 Å². The molecule has 0 unspecified atom stereocenters. The first-order valence-corrected chi connectivity index (χ1v) is 12.8. The van der Waals surface area contributed by atoms with Crippen LogP contribution in [-0.4, -0.2) is 22.5 Å². The number of nitrogens with zero attached hydrogens (tertiary/aromatic N) is 2. The third kappa shape index (κ3) is 10.4. The lowest BCUT2D eigenvalue weighted by Crippen LogP contribution is -2.06. The Morgan fingerprint density at radius 1 is 0.719 bits per heavy atom. The van der Waals surface area contributed by atoms with Gasteiger partial charge in [-0.2, -0.15) is 0 Å². The van der Waals surface area contributed by atoms with Gasteiger partial charge in [0.25, 0.3) is 0 Å². The summed E-state index contributed by atoms with van der Waals surface area (Å²) < 4.78 is 5.43. The largest absolute Gasteiger partial charge is 0.462 e. The van der Waals surface area contributed by atoms with Crippen LogP contribution in [0.4, 0.5) is 0 Å². The molecule has 0 saturated carbocycles. The van der Waals surface area contributed by atoms with Gasteiger partial charge in [0, 0.05) is 18.0 Å². The number of hydrogen-bond acceptors (Lipinski definition) is 4. The highest BCUT2D eigenvalue weighted by Gasteiger charge is 2.08. The number of rotatable bonds is 17. The Balaban J connectivity index is 1.68. The first-order valence-electron chi connectivity index (χ1n) is 12.8. The molecule has 1 aromatic heterocycles. The molecule has 0 aliphatic carbocycles. The predicted octanol–water partition coefficient (Wildman–Crippen LogP) is 7.95. The standard InChI is InChI=1S/C28H42N2O2/c1-3-5-7-9-10-11-13-15-21-32-28(31)26-19-17-25(18-20-26)27-29-22-24(23-30-27)16-14-12-8-6-4-2/h17-20,22-23H,3-16,21H2,1-2H3. The topological polar surface area (TPSA) is 52.1 Å². The van der Waals surface area contributed by atoms with E-state index in [1.54, 1.807) is 12.1 Å². The van der Waals surface area contributed by atoms with Crippen LogP contribution in [0, 0.1) is 0 Å². The van der Waals surface area contributed by atoms with Crippen molar-refractivity contribution in [3.05, 3.63) is 47.8 Å². The van der Waals surface area contributed by atoms with Crippen molar-refractivity contribution in [1.29, 1.82) is 0 Å². The van der Waals surface area contributed by atoms with E-state index in [1.165, 1.54) is 76.2 Å². The molecule has 2 aromatic rings. The van der Waals surface area contributed by atoms with Gasteiger partial charge in [0.2, 0.25) is 0 Å². The zero-order valence-electron chi connectivity index (χ0n) is 20.3. The molecule has 0 fully saturated rings. The lowest BCUT2D eigenvalue weighted by Gasteiger charge is -2.06. The lowest BCUT2D eigenvalue weighted by molar-refractivity contribution is 0.0497. The maximum atomic E-state index is 12.3. The molecule has 0 bridgehead atoms. The van der Waals surface area contributed by atoms with Gasteiger partial charge in [-0.05, 0) is 37.0 Å². The van der Waals surface area contributed by atoms with Crippen molar-refractivity contribution in [2.45, 2.75) is 104 Å². The fourth-order valence-corrected chi connectivity index (χ4v) is 3.81. The molecular formula is C28H42N2O2. The minimum Gasteiger partial charge on any atom is -0.462 e. The summed E-state index contributed by atoms with van der Waals surface area (Å²) in [5, 5.41) is 0. The van der Waals surface area contributed by atoms with Crippen LogP contribution in [0.5, 0.6) is 0 Å². The van der Waals surface area contributed by atoms with E-state index in [4.69, 9.17) is 4.74 Å². The molecule has 1 heterocycles. The zero-order chi connectivity index (χ0) is 22.9. The number of benzene rings is 1. The Labute approximate surface area is 195 Å². The third-order valence-electron chi connectivity index (χ3n) is 5.88. The molecule has 176 valence electrons. The van der Waals surface area contributed by atoms with Crippen molar-refractivity contribution in [3.63, 3.8) is 0 Å². The highest BCUT2D eigenvalue weighted by molar-refractivity contribution is 5.89. The quantitative estimate of drug-likeness (QED) is 0.186. The highest BCUT2D eigenvalue weighted by Crippen LogP contribution is 2.17. The number of carbonyl (C=O) groups is 1. The Kier molecular flexibility index (Phi) is 13.3. The zero-order valence-corrected chi connectivity index (χ0v) is 20.3. The second kappa shape index (κ2) is 16.4. The number of esters is 1. The van der Waals surface area contributed by atoms with Gasteiger partial charge in [0.15, 0.2) is 5.82 Å². The molecule has 2 rings (SSSR count). The molecule has 0 amide bonds. The van der Waals surface area contributed by atoms with Crippen LogP contribution in [0.3, 0.4) is 0 Å². The van der Waals surface area contributed by atoms with Gasteiger partial charge >= 0.3 is 5.97 Å². The highest BCUT2D eigenvalue weighted by atomic mass is 16.5. The van der Waals surface area contributed by atoms with E-state index in [0.29, 0.717) is 18.0 Å². The fourth-order valence-electron chi connectivity index (χ4n) is 3.81. The Morgan fingerprint density at radius 2 is 1.25 bits per heavy atom. The summed E-state index contributed by atoms with van der Waals surface area (Å²) in [5.41, 5.74) is 2.68. The molecule has 0 aliphatic heterocycles. The monoisotopic (exact) mass is 438 g/mol. The van der Waals surface area contributed by atoms with Crippen molar-refractivity contribution in [3.8, 4) is 11.4 Å². The summed E-state index contributed by atoms with van der Waals surface area (Å²) in [6.07, 6.45) is 21.1. The minimum absolute atomic E-state index is 0.251. The molecule has 32 heavy (non-hydrogen) atoms. The van der Waals surface area contributed by atoms with Crippen LogP contribution in [0.1, 0.15) is 113 Å². The number of carbonyl (C=O) groups excluding carboxylic acids is 1. The Bertz CT molecular complexity index is 741. The Hall–Kier alpha value is -2.23. The summed E-state index contributed by atoms with van der Waals surface area (Å²) >= 11 is 0. The average molecular weight is 439 g/mol. The second-order valence-electron chi connectivity index (χ2n) is 8.77. The number of hydrogen-bond donors (Lipinski definition) is 0. The van der Waals surface area contributed by atoms with Crippen LogP contribution in [0.15, 0.2) is 36.7 Å². The van der Waals surface area contributed by atoms with Crippen molar-refractivity contribution in [2.75, 3.05) is 6.61 Å². The number of ether oxygens (including phenoxy) is 1. The van der Waals surface area contributed by atoms with Gasteiger partial charge in [-0.25, -0.2) is 14.8 Å². The van der Waals surface area contributed by atoms with Crippen molar-refractivity contribution < 1.29 is 9.53 Å². The summed E-state index contributed by atoms with van der Waals surface area (Å²) in [5.74, 6) is 0.442. The van der Waals surface area contributed by atoms with Crippen LogP contribution >= 0.6 is 0 Å². The molecule has 1 aromatic carbocycles. The lowest BCUT2D eigenvalue weighted by atomic mass is 10.1. The Morgan fingerprint density at radius 3 is 1.84 bits per heavy atom. The van der Waals surface area contributed by atoms with Crippen LogP contribution in [0.2, 0.25) is 0 Å². The minimum atomic E-state index is -0.251. The van der Waals surface area contributed by atoms with Crippen molar-refractivity contribution in [2.24, 2.45) is 0 Å². The second-order valence-corrected chi connectivity index (χ2v) is 8.77. The van der Waals surface area contributed by atoms with Gasteiger partial charge in [-0.15, -0.1) is 0 Å². The molecule has 4 heteroatoms. The summed E-state index contributed by atoms with van der Waals surface area (Å²) in [6.45, 7) is 4.97. The first-order chi connectivity index (χ1) is 15.7. The van der Waals surface area contributed by atoms with E-state index in [1.807, 2.05) is 24.5 Å². The summed E-state index contributed by atoms with van der Waals surface area (Å²) in [6, 6.07) is 7.39. The smallest absolute Gasteiger partial charge is 0.338 e. The molecule has 4 nitrogen and oxygen atoms in total. The van der Waals surface area contributed by atoms with Gasteiger partial charge < -0.3 is 4.74 Å². The van der Waals surface area contributed by atoms with Crippen molar-refractivity contribution >= 4 is 5.97 Å². The fraction of sp³-hybridized carbons (Fsp3) is 0.607. The van der Waals surface area contributed by atoms with E-state index in [2.05, 4.69) is 23.8 Å². The molecule has 0 spiro atoms. The van der Waals surface area contributed by atoms with Gasteiger partial charge in [0.05, 0.1) is 12.2 Å². The SMILES string of the molecule is CCCCCCCCCCOC(=O)c1ccc(-c2ncc(CCCCCCC)cn2)cc1. The molecule has 0 aliphatic rings. The van der Waals surface area contributed by atoms with Crippen LogP contribution in [0.25, 0.3) is 11.4 Å². The summed E-state index contributed by atoms with van der Waals surface area (Å²) in [7, 11) is 0. The average Bonchev–Trinajstić information content (AvgIpc) is 2.83. The maximum absolute atomic E-state index is 12.3. The van der Waals surface area contributed by atoms with Gasteiger partial charge in [-0.3, -0.25) is 0 Å². The molecule has 0 radical (unpaired) electrons. The van der Waals surface area contributed by atoms with Gasteiger partial charge in [-0.1, -0.05) is 96.6 Å². The number of aromatic nitrogens is 2. The molecule has 0 saturated heterocycles. The number of unbranched alkanes of at least 4 members (excludes halogenated alkanes) is 11. The van der Waals surface area contributed by atoms with Crippen LogP contribution in [-0.2, 0) is 11.2 Å². The number of aryl methyl sites for hydroxylation is 1. The molecule has 0 atom stereocenters. The maximum Gasteiger partial charge on any atom is 0.338 e. The van der Waals surface area contributed by atoms with Crippen molar-refractivity contribution in [1.82, 2.24) is 9.97 Å². The first kappa shape index (κ1) is 26.0. The van der Waals surface area contributed by atoms with E-state index in [9.17, 15) is 4.79 Å². The summed E-state index contributed by atoms with van der Waals surface area (Å²) in [4.78, 5) is 21.3. The van der Waals surface area contributed by atoms with E-state index >= 15 is 0 Å². The third-order valence-corrected chi connectivity index (χ3v) is 5.88. The molecule has 0 N–H and O–H groups in total. The van der Waals surface area contributed by atoms with Gasteiger partial charge in [0.1, 0.15) is 0 Å². The normalized spacial score (nSPS) is 10.9. The van der Waals surface area contributed by atoms with E-state index < -0.39 is 0 Å². The molecular weight excluding hydrogens is 396 g/mol. The predicted molar refractivity (Wildman–Crippen MR) is 133 cm³/mol.